The van der Waals surface area contributed by atoms with Crippen molar-refractivity contribution in [3.63, 3.8) is 0 Å². The topological polar surface area (TPSA) is 57.7 Å². The molecule has 2 aromatic carbocycles. The highest BCUT2D eigenvalue weighted by Crippen LogP contribution is 2.35. The molecule has 2 aromatic rings. The van der Waals surface area contributed by atoms with Crippen LogP contribution in [-0.4, -0.2) is 39.1 Å². The van der Waals surface area contributed by atoms with Crippen molar-refractivity contribution in [3.8, 4) is 0 Å². The van der Waals surface area contributed by atoms with Crippen LogP contribution in [0.5, 0.6) is 0 Å². The van der Waals surface area contributed by atoms with E-state index >= 15 is 0 Å². The van der Waals surface area contributed by atoms with Crippen LogP contribution in [0.4, 0.5) is 5.69 Å². The highest BCUT2D eigenvalue weighted by Gasteiger charge is 2.29. The number of nitrogens with zero attached hydrogens (tertiary/aromatic N) is 2. The van der Waals surface area contributed by atoms with Crippen LogP contribution >= 0.6 is 0 Å². The lowest BCUT2D eigenvalue weighted by atomic mass is 9.86. The van der Waals surface area contributed by atoms with Crippen molar-refractivity contribution in [1.82, 2.24) is 4.90 Å². The van der Waals surface area contributed by atoms with Gasteiger partial charge in [-0.25, -0.2) is 8.42 Å². The van der Waals surface area contributed by atoms with Gasteiger partial charge in [0.1, 0.15) is 0 Å². The summed E-state index contributed by atoms with van der Waals surface area (Å²) in [6.45, 7) is 0.498. The van der Waals surface area contributed by atoms with Gasteiger partial charge in [-0.05, 0) is 67.0 Å². The van der Waals surface area contributed by atoms with Crippen molar-refractivity contribution in [2.75, 3.05) is 24.2 Å². The molecule has 28 heavy (non-hydrogen) atoms. The zero-order chi connectivity index (χ0) is 19.9. The first kappa shape index (κ1) is 19.0. The summed E-state index contributed by atoms with van der Waals surface area (Å²) in [6.07, 6.45) is 5.89. The second-order valence-electron chi connectivity index (χ2n) is 7.81. The molecular formula is C22H26N2O3S. The van der Waals surface area contributed by atoms with Crippen LogP contribution in [0.2, 0.25) is 0 Å². The third-order valence-electron chi connectivity index (χ3n) is 5.93. The van der Waals surface area contributed by atoms with Crippen LogP contribution in [0.25, 0.3) is 0 Å². The lowest BCUT2D eigenvalue weighted by Crippen LogP contribution is -2.35. The first-order chi connectivity index (χ1) is 13.4. The standard InChI is InChI=1S/C22H26N2O3S/c1-23(21-11-5-8-16-7-3-4-10-19(16)21)22(25)18-12-13-20-17(15-18)9-6-14-24(20)28(2,26)27/h3-4,7,10,12-13,15,21H,5-6,8-9,11,14H2,1-2H3/t21-/m0/s1. The van der Waals surface area contributed by atoms with Gasteiger partial charge in [-0.1, -0.05) is 24.3 Å². The smallest absolute Gasteiger partial charge is 0.254 e. The number of hydrogen-bond acceptors (Lipinski definition) is 3. The quantitative estimate of drug-likeness (QED) is 0.794. The number of aryl methyl sites for hydroxylation is 2. The molecule has 0 fully saturated rings. The zero-order valence-corrected chi connectivity index (χ0v) is 17.2. The molecule has 6 heteroatoms. The number of amides is 1. The minimum atomic E-state index is -3.30. The van der Waals surface area contributed by atoms with Crippen molar-refractivity contribution in [2.45, 2.75) is 38.1 Å². The van der Waals surface area contributed by atoms with Crippen LogP contribution in [0, 0.1) is 0 Å². The van der Waals surface area contributed by atoms with E-state index in [-0.39, 0.29) is 11.9 Å². The molecule has 148 valence electrons. The van der Waals surface area contributed by atoms with E-state index < -0.39 is 10.0 Å². The Labute approximate surface area is 167 Å². The summed E-state index contributed by atoms with van der Waals surface area (Å²) in [5.41, 5.74) is 4.83. The van der Waals surface area contributed by atoms with Crippen LogP contribution in [0.3, 0.4) is 0 Å². The van der Waals surface area contributed by atoms with E-state index in [2.05, 4.69) is 18.2 Å². The third kappa shape index (κ3) is 3.41. The van der Waals surface area contributed by atoms with Gasteiger partial charge in [-0.3, -0.25) is 9.10 Å². The number of hydrogen-bond donors (Lipinski definition) is 0. The van der Waals surface area contributed by atoms with Crippen LogP contribution in [0.15, 0.2) is 42.5 Å². The minimum Gasteiger partial charge on any atom is -0.335 e. The molecule has 5 nitrogen and oxygen atoms in total. The molecule has 0 unspecified atom stereocenters. The molecule has 1 aliphatic heterocycles. The Kier molecular flexibility index (Phi) is 4.91. The van der Waals surface area contributed by atoms with E-state index in [1.165, 1.54) is 21.7 Å². The van der Waals surface area contributed by atoms with Crippen LogP contribution in [-0.2, 0) is 22.9 Å². The summed E-state index contributed by atoms with van der Waals surface area (Å²) in [7, 11) is -1.43. The summed E-state index contributed by atoms with van der Waals surface area (Å²) < 4.78 is 25.5. The van der Waals surface area contributed by atoms with Gasteiger partial charge in [0, 0.05) is 19.2 Å². The predicted octanol–water partition coefficient (Wildman–Crippen LogP) is 3.55. The van der Waals surface area contributed by atoms with Crippen molar-refractivity contribution in [2.24, 2.45) is 0 Å². The number of carbonyl (C=O) groups is 1. The maximum absolute atomic E-state index is 13.2. The molecule has 4 rings (SSSR count). The highest BCUT2D eigenvalue weighted by atomic mass is 32.2. The molecule has 0 saturated heterocycles. The summed E-state index contributed by atoms with van der Waals surface area (Å²) in [5, 5.41) is 0. The Balaban J connectivity index is 1.63. The second kappa shape index (κ2) is 7.24. The molecule has 0 bridgehead atoms. The van der Waals surface area contributed by atoms with Crippen molar-refractivity contribution in [3.05, 3.63) is 64.7 Å². The summed E-state index contributed by atoms with van der Waals surface area (Å²) >= 11 is 0. The Morgan fingerprint density at radius 1 is 1.07 bits per heavy atom. The lowest BCUT2D eigenvalue weighted by Gasteiger charge is -2.34. The molecular weight excluding hydrogens is 372 g/mol. The highest BCUT2D eigenvalue weighted by molar-refractivity contribution is 7.92. The zero-order valence-electron chi connectivity index (χ0n) is 16.4. The number of carbonyl (C=O) groups excluding carboxylic acids is 1. The SMILES string of the molecule is CN(C(=O)c1ccc2c(c1)CCCN2S(C)(=O)=O)[C@H]1CCCc2ccccc21. The maximum Gasteiger partial charge on any atom is 0.254 e. The fourth-order valence-electron chi connectivity index (χ4n) is 4.52. The molecule has 1 heterocycles. The van der Waals surface area contributed by atoms with E-state index in [9.17, 15) is 13.2 Å². The molecule has 0 saturated carbocycles. The van der Waals surface area contributed by atoms with Gasteiger partial charge in [0.15, 0.2) is 0 Å². The van der Waals surface area contributed by atoms with Crippen molar-refractivity contribution < 1.29 is 13.2 Å². The number of benzene rings is 2. The Bertz CT molecular complexity index is 1020. The normalized spacial score (nSPS) is 18.9. The third-order valence-corrected chi connectivity index (χ3v) is 7.11. The Morgan fingerprint density at radius 2 is 1.82 bits per heavy atom. The Hall–Kier alpha value is -2.34. The van der Waals surface area contributed by atoms with Gasteiger partial charge >= 0.3 is 0 Å². The molecule has 1 aliphatic carbocycles. The monoisotopic (exact) mass is 398 g/mol. The largest absolute Gasteiger partial charge is 0.335 e. The maximum atomic E-state index is 13.2. The van der Waals surface area contributed by atoms with E-state index in [0.717, 1.165) is 37.7 Å². The van der Waals surface area contributed by atoms with Gasteiger partial charge in [0.05, 0.1) is 18.0 Å². The molecule has 0 N–H and O–H groups in total. The number of fused-ring (bicyclic) bond motifs is 2. The van der Waals surface area contributed by atoms with Crippen LogP contribution < -0.4 is 4.31 Å². The predicted molar refractivity (Wildman–Crippen MR) is 111 cm³/mol. The van der Waals surface area contributed by atoms with E-state index in [4.69, 9.17) is 0 Å². The molecule has 1 amide bonds. The Morgan fingerprint density at radius 3 is 2.61 bits per heavy atom. The van der Waals surface area contributed by atoms with Crippen LogP contribution in [0.1, 0.15) is 52.4 Å². The first-order valence-corrected chi connectivity index (χ1v) is 11.7. The van der Waals surface area contributed by atoms with E-state index in [1.54, 1.807) is 12.1 Å². The lowest BCUT2D eigenvalue weighted by molar-refractivity contribution is 0.0715. The number of anilines is 1. The molecule has 2 aliphatic rings. The average molecular weight is 399 g/mol. The summed E-state index contributed by atoms with van der Waals surface area (Å²) in [5.74, 6) is -0.0130. The molecule has 0 aromatic heterocycles. The van der Waals surface area contributed by atoms with Gasteiger partial charge in [-0.15, -0.1) is 0 Å². The second-order valence-corrected chi connectivity index (χ2v) is 9.71. The van der Waals surface area contributed by atoms with E-state index in [1.807, 2.05) is 24.1 Å². The van der Waals surface area contributed by atoms with Crippen molar-refractivity contribution >= 4 is 21.6 Å². The number of rotatable bonds is 3. The number of sulfonamides is 1. The van der Waals surface area contributed by atoms with Gasteiger partial charge in [-0.2, -0.15) is 0 Å². The van der Waals surface area contributed by atoms with Gasteiger partial charge < -0.3 is 4.90 Å². The summed E-state index contributed by atoms with van der Waals surface area (Å²) in [6, 6.07) is 13.9. The minimum absolute atomic E-state index is 0.0130. The fourth-order valence-corrected chi connectivity index (χ4v) is 5.51. The average Bonchev–Trinajstić information content (AvgIpc) is 2.70. The molecule has 0 spiro atoms. The molecule has 0 radical (unpaired) electrons. The summed E-state index contributed by atoms with van der Waals surface area (Å²) in [4.78, 5) is 15.1. The van der Waals surface area contributed by atoms with Crippen molar-refractivity contribution in [1.29, 1.82) is 0 Å². The van der Waals surface area contributed by atoms with E-state index in [0.29, 0.717) is 17.8 Å². The van der Waals surface area contributed by atoms with Gasteiger partial charge in [0.25, 0.3) is 5.91 Å². The first-order valence-electron chi connectivity index (χ1n) is 9.82. The van der Waals surface area contributed by atoms with Gasteiger partial charge in [0.2, 0.25) is 10.0 Å². The molecule has 1 atom stereocenters. The fraction of sp³-hybridized carbons (Fsp3) is 0.409.